The van der Waals surface area contributed by atoms with Crippen LogP contribution in [0.2, 0.25) is 0 Å². The Morgan fingerprint density at radius 1 is 0.750 bits per heavy atom. The maximum absolute atomic E-state index is 13.1. The van der Waals surface area contributed by atoms with Crippen molar-refractivity contribution in [3.63, 3.8) is 0 Å². The summed E-state index contributed by atoms with van der Waals surface area (Å²) in [6, 6.07) is 26.9. The number of benzene rings is 3. The third-order valence-corrected chi connectivity index (χ3v) is 5.02. The molecule has 1 aliphatic heterocycles. The predicted molar refractivity (Wildman–Crippen MR) is 106 cm³/mol. The van der Waals surface area contributed by atoms with E-state index in [2.05, 4.69) is 0 Å². The summed E-state index contributed by atoms with van der Waals surface area (Å²) < 4.78 is 0. The van der Waals surface area contributed by atoms with Crippen LogP contribution in [0.1, 0.15) is 39.4 Å². The zero-order chi connectivity index (χ0) is 19.3. The van der Waals surface area contributed by atoms with Crippen LogP contribution in [0.3, 0.4) is 0 Å². The molecule has 1 heterocycles. The predicted octanol–water partition coefficient (Wildman–Crippen LogP) is 4.52. The number of hydrogen-bond acceptors (Lipinski definition) is 3. The molecule has 4 rings (SSSR count). The van der Waals surface area contributed by atoms with E-state index in [1.165, 1.54) is 5.56 Å². The third-order valence-electron chi connectivity index (χ3n) is 5.02. The van der Waals surface area contributed by atoms with Crippen molar-refractivity contribution in [2.45, 2.75) is 25.4 Å². The van der Waals surface area contributed by atoms with E-state index in [0.717, 1.165) is 22.6 Å². The van der Waals surface area contributed by atoms with Crippen molar-refractivity contribution in [3.05, 3.63) is 107 Å². The number of hydrogen-bond donors (Lipinski definition) is 0. The van der Waals surface area contributed by atoms with Crippen LogP contribution in [-0.4, -0.2) is 16.9 Å². The summed E-state index contributed by atoms with van der Waals surface area (Å²) >= 11 is 0. The second kappa shape index (κ2) is 8.19. The van der Waals surface area contributed by atoms with Crippen molar-refractivity contribution in [2.24, 2.45) is 0 Å². The van der Waals surface area contributed by atoms with Crippen LogP contribution >= 0.6 is 0 Å². The molecule has 1 aliphatic rings. The Balaban J connectivity index is 1.57. The molecule has 0 aliphatic carbocycles. The van der Waals surface area contributed by atoms with Gasteiger partial charge < -0.3 is 0 Å². The molecular weight excluding hydrogens is 350 g/mol. The maximum Gasteiger partial charge on any atom is 0.285 e. The maximum atomic E-state index is 13.1. The molecule has 0 fully saturated rings. The van der Waals surface area contributed by atoms with Gasteiger partial charge >= 0.3 is 0 Å². The Morgan fingerprint density at radius 2 is 1.36 bits per heavy atom. The zero-order valence-electron chi connectivity index (χ0n) is 15.5. The highest BCUT2D eigenvalue weighted by atomic mass is 16.7. The zero-order valence-corrected chi connectivity index (χ0v) is 15.5. The van der Waals surface area contributed by atoms with E-state index in [0.29, 0.717) is 12.0 Å². The highest BCUT2D eigenvalue weighted by molar-refractivity contribution is 6.10. The fourth-order valence-corrected chi connectivity index (χ4v) is 3.55. The van der Waals surface area contributed by atoms with Gasteiger partial charge in [-0.1, -0.05) is 78.9 Å². The second-order valence-electron chi connectivity index (χ2n) is 6.86. The van der Waals surface area contributed by atoms with Crippen LogP contribution in [0.4, 0.5) is 0 Å². The quantitative estimate of drug-likeness (QED) is 0.599. The first-order valence-electron chi connectivity index (χ1n) is 9.42. The lowest BCUT2D eigenvalue weighted by Crippen LogP contribution is -2.44. The molecule has 0 radical (unpaired) electrons. The highest BCUT2D eigenvalue weighted by Crippen LogP contribution is 2.33. The topological polar surface area (TPSA) is 46.6 Å². The van der Waals surface area contributed by atoms with Crippen molar-refractivity contribution >= 4 is 11.8 Å². The second-order valence-corrected chi connectivity index (χ2v) is 6.86. The molecule has 140 valence electrons. The van der Waals surface area contributed by atoms with E-state index in [-0.39, 0.29) is 12.5 Å². The smallest absolute Gasteiger partial charge is 0.271 e. The number of rotatable bonds is 6. The minimum Gasteiger partial charge on any atom is -0.271 e. The van der Waals surface area contributed by atoms with E-state index in [9.17, 15) is 9.59 Å². The van der Waals surface area contributed by atoms with Gasteiger partial charge in [-0.05, 0) is 35.6 Å². The lowest BCUT2D eigenvalue weighted by molar-refractivity contribution is -0.176. The molecule has 0 saturated heterocycles. The monoisotopic (exact) mass is 371 g/mol. The van der Waals surface area contributed by atoms with Gasteiger partial charge in [0.05, 0.1) is 5.92 Å². The highest BCUT2D eigenvalue weighted by Gasteiger charge is 2.39. The van der Waals surface area contributed by atoms with E-state index in [4.69, 9.17) is 4.84 Å². The van der Waals surface area contributed by atoms with Crippen LogP contribution in [-0.2, 0) is 22.7 Å². The normalized spacial score (nSPS) is 16.1. The van der Waals surface area contributed by atoms with Gasteiger partial charge in [0.15, 0.2) is 0 Å². The first-order chi connectivity index (χ1) is 13.7. The molecule has 2 amide bonds. The van der Waals surface area contributed by atoms with E-state index in [1.807, 2.05) is 78.9 Å². The van der Waals surface area contributed by atoms with Crippen molar-refractivity contribution in [1.29, 1.82) is 0 Å². The molecule has 1 atom stereocenters. The van der Waals surface area contributed by atoms with Crippen molar-refractivity contribution < 1.29 is 14.4 Å². The standard InChI is InChI=1S/C24H21NO3/c26-23-21-14-8-7-13-20(21)22(16-15-18-9-3-1-4-10-18)24(27)25(23)28-17-19-11-5-2-6-12-19/h1-14,22H,15-17H2/t22-/m1/s1. The Bertz CT molecular complexity index is 969. The van der Waals surface area contributed by atoms with Gasteiger partial charge in [0.25, 0.3) is 11.8 Å². The number of aryl methyl sites for hydroxylation is 1. The first kappa shape index (κ1) is 18.1. The number of carbonyl (C=O) groups excluding carboxylic acids is 2. The van der Waals surface area contributed by atoms with Crippen LogP contribution < -0.4 is 0 Å². The molecule has 0 saturated carbocycles. The lowest BCUT2D eigenvalue weighted by atomic mass is 9.85. The SMILES string of the molecule is O=C1c2ccccc2[C@@H](CCc2ccccc2)C(=O)N1OCc1ccccc1. The van der Waals surface area contributed by atoms with Gasteiger partial charge in [-0.3, -0.25) is 14.4 Å². The summed E-state index contributed by atoms with van der Waals surface area (Å²) in [6.07, 6.45) is 1.38. The molecule has 3 aromatic carbocycles. The number of amides is 2. The molecule has 3 aromatic rings. The molecule has 28 heavy (non-hydrogen) atoms. The average Bonchev–Trinajstić information content (AvgIpc) is 2.75. The Hall–Kier alpha value is -3.24. The van der Waals surface area contributed by atoms with Gasteiger partial charge in [0.2, 0.25) is 0 Å². The first-order valence-corrected chi connectivity index (χ1v) is 9.42. The van der Waals surface area contributed by atoms with Crippen LogP contribution in [0, 0.1) is 0 Å². The molecule has 4 nitrogen and oxygen atoms in total. The molecule has 0 N–H and O–H groups in total. The third kappa shape index (κ3) is 3.73. The molecule has 4 heteroatoms. The Morgan fingerprint density at radius 3 is 2.07 bits per heavy atom. The number of fused-ring (bicyclic) bond motifs is 1. The number of nitrogens with zero attached hydrogens (tertiary/aromatic N) is 1. The summed E-state index contributed by atoms with van der Waals surface area (Å²) in [5.74, 6) is -1.09. The molecular formula is C24H21NO3. The van der Waals surface area contributed by atoms with Crippen molar-refractivity contribution in [3.8, 4) is 0 Å². The van der Waals surface area contributed by atoms with Gasteiger partial charge in [0.1, 0.15) is 6.61 Å². The number of hydroxylamine groups is 2. The minimum absolute atomic E-state index is 0.173. The molecule has 0 bridgehead atoms. The van der Waals surface area contributed by atoms with E-state index >= 15 is 0 Å². The summed E-state index contributed by atoms with van der Waals surface area (Å²) in [4.78, 5) is 31.6. The van der Waals surface area contributed by atoms with Crippen molar-refractivity contribution in [2.75, 3.05) is 0 Å². The fourth-order valence-electron chi connectivity index (χ4n) is 3.55. The van der Waals surface area contributed by atoms with E-state index in [1.54, 1.807) is 6.07 Å². The average molecular weight is 371 g/mol. The summed E-state index contributed by atoms with van der Waals surface area (Å²) in [5.41, 5.74) is 3.39. The van der Waals surface area contributed by atoms with Gasteiger partial charge in [0, 0.05) is 5.56 Å². The minimum atomic E-state index is -0.398. The molecule has 0 unspecified atom stereocenters. The van der Waals surface area contributed by atoms with Crippen LogP contribution in [0.25, 0.3) is 0 Å². The lowest BCUT2D eigenvalue weighted by Gasteiger charge is -2.31. The van der Waals surface area contributed by atoms with Crippen molar-refractivity contribution in [1.82, 2.24) is 5.06 Å². The van der Waals surface area contributed by atoms with Crippen LogP contribution in [0.15, 0.2) is 84.9 Å². The molecule has 0 spiro atoms. The summed E-state index contributed by atoms with van der Waals surface area (Å²) in [7, 11) is 0. The summed E-state index contributed by atoms with van der Waals surface area (Å²) in [6.45, 7) is 0.173. The number of carbonyl (C=O) groups is 2. The van der Waals surface area contributed by atoms with Gasteiger partial charge in [-0.25, -0.2) is 0 Å². The van der Waals surface area contributed by atoms with E-state index < -0.39 is 11.8 Å². The Labute approximate surface area is 164 Å². The van der Waals surface area contributed by atoms with Gasteiger partial charge in [-0.2, -0.15) is 0 Å². The fraction of sp³-hybridized carbons (Fsp3) is 0.167. The molecule has 0 aromatic heterocycles. The largest absolute Gasteiger partial charge is 0.285 e. The number of imide groups is 1. The Kier molecular flexibility index (Phi) is 5.31. The van der Waals surface area contributed by atoms with Crippen LogP contribution in [0.5, 0.6) is 0 Å². The summed E-state index contributed by atoms with van der Waals surface area (Å²) in [5, 5.41) is 0.949. The van der Waals surface area contributed by atoms with Gasteiger partial charge in [-0.15, -0.1) is 5.06 Å².